The molecule has 1 saturated heterocycles. The third-order valence-electron chi connectivity index (χ3n) is 4.46. The van der Waals surface area contributed by atoms with Crippen LogP contribution >= 0.6 is 34.5 Å². The molecule has 8 heteroatoms. The van der Waals surface area contributed by atoms with Gasteiger partial charge in [-0.15, -0.1) is 11.3 Å². The van der Waals surface area contributed by atoms with Gasteiger partial charge < -0.3 is 10.2 Å². The largest absolute Gasteiger partial charge is 0.354 e. The molecule has 0 spiro atoms. The number of amides is 2. The topological polar surface area (TPSA) is 62.3 Å². The smallest absolute Gasteiger partial charge is 0.254 e. The zero-order chi connectivity index (χ0) is 19.4. The molecule has 1 unspecified atom stereocenters. The van der Waals surface area contributed by atoms with Crippen molar-refractivity contribution in [2.75, 3.05) is 13.1 Å². The molecule has 3 rings (SSSR count). The van der Waals surface area contributed by atoms with E-state index in [4.69, 9.17) is 23.2 Å². The Kier molecular flexibility index (Phi) is 6.73. The quantitative estimate of drug-likeness (QED) is 0.708. The van der Waals surface area contributed by atoms with Crippen LogP contribution < -0.4 is 5.32 Å². The van der Waals surface area contributed by atoms with E-state index < -0.39 is 6.04 Å². The number of thiazole rings is 1. The van der Waals surface area contributed by atoms with Crippen molar-refractivity contribution in [3.63, 3.8) is 0 Å². The molecule has 5 nitrogen and oxygen atoms in total. The molecule has 2 aromatic rings. The molecule has 2 amide bonds. The van der Waals surface area contributed by atoms with Crippen LogP contribution in [0.3, 0.4) is 0 Å². The van der Waals surface area contributed by atoms with E-state index in [2.05, 4.69) is 10.3 Å². The molecule has 1 aromatic carbocycles. The molecule has 1 atom stereocenters. The van der Waals surface area contributed by atoms with Crippen LogP contribution in [0.25, 0.3) is 0 Å². The van der Waals surface area contributed by atoms with E-state index in [1.807, 2.05) is 12.3 Å². The maximum Gasteiger partial charge on any atom is 0.254 e. The van der Waals surface area contributed by atoms with Crippen molar-refractivity contribution in [2.24, 2.45) is 0 Å². The summed E-state index contributed by atoms with van der Waals surface area (Å²) in [5.74, 6) is -0.320. The Hall–Kier alpha value is -1.63. The normalized spacial score (nSPS) is 16.6. The first-order valence-corrected chi connectivity index (χ1v) is 10.5. The first-order chi connectivity index (χ1) is 12.9. The van der Waals surface area contributed by atoms with Gasteiger partial charge in [0, 0.05) is 46.2 Å². The highest BCUT2D eigenvalue weighted by Gasteiger charge is 2.34. The van der Waals surface area contributed by atoms with Crippen molar-refractivity contribution < 1.29 is 9.59 Å². The van der Waals surface area contributed by atoms with E-state index in [0.29, 0.717) is 35.1 Å². The molecule has 1 N–H and O–H groups in total. The molecule has 0 bridgehead atoms. The van der Waals surface area contributed by atoms with Crippen molar-refractivity contribution in [1.82, 2.24) is 15.2 Å². The summed E-state index contributed by atoms with van der Waals surface area (Å²) in [6.07, 6.45) is 3.13. The van der Waals surface area contributed by atoms with Crippen LogP contribution in [-0.4, -0.2) is 40.8 Å². The van der Waals surface area contributed by atoms with E-state index in [9.17, 15) is 9.59 Å². The monoisotopic (exact) mass is 425 g/mol. The predicted molar refractivity (Wildman–Crippen MR) is 109 cm³/mol. The van der Waals surface area contributed by atoms with Gasteiger partial charge >= 0.3 is 0 Å². The number of nitrogens with zero attached hydrogens (tertiary/aromatic N) is 2. The Bertz CT molecular complexity index is 820. The lowest BCUT2D eigenvalue weighted by Crippen LogP contribution is -2.46. The minimum atomic E-state index is -0.447. The van der Waals surface area contributed by atoms with Gasteiger partial charge in [-0.25, -0.2) is 4.98 Å². The van der Waals surface area contributed by atoms with Gasteiger partial charge in [0.15, 0.2) is 0 Å². The maximum atomic E-state index is 12.8. The Morgan fingerprint density at radius 2 is 2.04 bits per heavy atom. The average molecular weight is 426 g/mol. The number of carbonyl (C=O) groups excluding carboxylic acids is 2. The highest BCUT2D eigenvalue weighted by molar-refractivity contribution is 7.09. The summed E-state index contributed by atoms with van der Waals surface area (Å²) in [6.45, 7) is 3.10. The first kappa shape index (κ1) is 20.1. The summed E-state index contributed by atoms with van der Waals surface area (Å²) in [5.41, 5.74) is 1.44. The van der Waals surface area contributed by atoms with Crippen molar-refractivity contribution >= 4 is 46.4 Å². The van der Waals surface area contributed by atoms with Gasteiger partial charge in [-0.1, -0.05) is 23.2 Å². The number of benzene rings is 1. The van der Waals surface area contributed by atoms with Crippen molar-refractivity contribution in [3.8, 4) is 0 Å². The average Bonchev–Trinajstić information content (AvgIpc) is 3.26. The van der Waals surface area contributed by atoms with Crippen molar-refractivity contribution in [2.45, 2.75) is 38.6 Å². The number of hydrogen-bond donors (Lipinski definition) is 1. The first-order valence-electron chi connectivity index (χ1n) is 8.90. The predicted octanol–water partition coefficient (Wildman–Crippen LogP) is 4.11. The number of aromatic nitrogens is 1. The van der Waals surface area contributed by atoms with Gasteiger partial charge in [0.2, 0.25) is 5.91 Å². The van der Waals surface area contributed by atoms with Crippen molar-refractivity contribution in [1.29, 1.82) is 0 Å². The Labute approximate surface area is 172 Å². The van der Waals surface area contributed by atoms with Gasteiger partial charge in [0.1, 0.15) is 6.04 Å². The molecule has 0 saturated carbocycles. The minimum absolute atomic E-state index is 0.107. The molecule has 0 radical (unpaired) electrons. The van der Waals surface area contributed by atoms with Crippen LogP contribution in [0.5, 0.6) is 0 Å². The summed E-state index contributed by atoms with van der Waals surface area (Å²) in [7, 11) is 0. The molecular formula is C19H21Cl2N3O2S. The van der Waals surface area contributed by atoms with Gasteiger partial charge in [0.25, 0.3) is 5.91 Å². The lowest BCUT2D eigenvalue weighted by atomic mass is 10.1. The lowest BCUT2D eigenvalue weighted by molar-refractivity contribution is -0.124. The van der Waals surface area contributed by atoms with Gasteiger partial charge in [-0.2, -0.15) is 0 Å². The minimum Gasteiger partial charge on any atom is -0.354 e. The Balaban J connectivity index is 1.55. The number of hydrogen-bond acceptors (Lipinski definition) is 4. The van der Waals surface area contributed by atoms with Crippen LogP contribution in [0.2, 0.25) is 10.0 Å². The number of likely N-dealkylation sites (tertiary alicyclic amines) is 1. The molecular weight excluding hydrogens is 405 g/mol. The van der Waals surface area contributed by atoms with Crippen LogP contribution in [-0.2, 0) is 11.2 Å². The molecule has 1 aliphatic heterocycles. The second-order valence-electron chi connectivity index (χ2n) is 6.59. The Morgan fingerprint density at radius 1 is 1.30 bits per heavy atom. The van der Waals surface area contributed by atoms with E-state index in [1.54, 1.807) is 34.4 Å². The maximum absolute atomic E-state index is 12.8. The zero-order valence-corrected chi connectivity index (χ0v) is 17.3. The summed E-state index contributed by atoms with van der Waals surface area (Å²) < 4.78 is 0. The fraction of sp³-hybridized carbons (Fsp3) is 0.421. The molecule has 27 heavy (non-hydrogen) atoms. The molecule has 1 fully saturated rings. The summed E-state index contributed by atoms with van der Waals surface area (Å²) >= 11 is 13.6. The fourth-order valence-electron chi connectivity index (χ4n) is 3.21. The van der Waals surface area contributed by atoms with Gasteiger partial charge in [-0.3, -0.25) is 9.59 Å². The standard InChI is InChI=1S/C19H21Cl2N3O2S/c1-12-11-27-17(23-12)5-2-6-22-18(25)16-4-3-7-24(16)19(26)13-8-14(20)10-15(21)9-13/h8-11,16H,2-7H2,1H3,(H,22,25). The molecule has 1 aromatic heterocycles. The molecule has 1 aliphatic rings. The van der Waals surface area contributed by atoms with Crippen LogP contribution in [0.1, 0.15) is 40.3 Å². The van der Waals surface area contributed by atoms with Crippen LogP contribution in [0.15, 0.2) is 23.6 Å². The lowest BCUT2D eigenvalue weighted by Gasteiger charge is -2.24. The Morgan fingerprint density at radius 3 is 2.70 bits per heavy atom. The van der Waals surface area contributed by atoms with E-state index in [0.717, 1.165) is 30.0 Å². The zero-order valence-electron chi connectivity index (χ0n) is 15.0. The summed E-state index contributed by atoms with van der Waals surface area (Å²) in [4.78, 5) is 31.4. The number of carbonyl (C=O) groups is 2. The van der Waals surface area contributed by atoms with Crippen LogP contribution in [0.4, 0.5) is 0 Å². The van der Waals surface area contributed by atoms with Crippen molar-refractivity contribution in [3.05, 3.63) is 49.9 Å². The van der Waals surface area contributed by atoms with Crippen LogP contribution in [0, 0.1) is 6.92 Å². The number of halogens is 2. The molecule has 2 heterocycles. The van der Waals surface area contributed by atoms with E-state index >= 15 is 0 Å². The number of rotatable bonds is 6. The second kappa shape index (κ2) is 9.04. The second-order valence-corrected chi connectivity index (χ2v) is 8.41. The molecule has 144 valence electrons. The highest BCUT2D eigenvalue weighted by Crippen LogP contribution is 2.24. The van der Waals surface area contributed by atoms with Gasteiger partial charge in [0.05, 0.1) is 5.01 Å². The number of aryl methyl sites for hydroxylation is 2. The fourth-order valence-corrected chi connectivity index (χ4v) is 4.56. The van der Waals surface area contributed by atoms with E-state index in [-0.39, 0.29) is 11.8 Å². The van der Waals surface area contributed by atoms with Gasteiger partial charge in [-0.05, 0) is 44.4 Å². The summed E-state index contributed by atoms with van der Waals surface area (Å²) in [5, 5.41) is 6.87. The molecule has 0 aliphatic carbocycles. The summed E-state index contributed by atoms with van der Waals surface area (Å²) in [6, 6.07) is 4.30. The third kappa shape index (κ3) is 5.21. The number of nitrogens with one attached hydrogen (secondary N) is 1. The SMILES string of the molecule is Cc1csc(CCCNC(=O)C2CCCN2C(=O)c2cc(Cl)cc(Cl)c2)n1. The highest BCUT2D eigenvalue weighted by atomic mass is 35.5. The third-order valence-corrected chi connectivity index (χ3v) is 5.92. The van der Waals surface area contributed by atoms with E-state index in [1.165, 1.54) is 0 Å².